The van der Waals surface area contributed by atoms with Gasteiger partial charge in [-0.25, -0.2) is 0 Å². The Morgan fingerprint density at radius 1 is 1.32 bits per heavy atom. The number of aryl methyl sites for hydroxylation is 1. The molecule has 0 radical (unpaired) electrons. The number of hydrogen-bond acceptors (Lipinski definition) is 2. The first-order valence-corrected chi connectivity index (χ1v) is 6.84. The van der Waals surface area contributed by atoms with Gasteiger partial charge in [0.25, 0.3) is 0 Å². The number of carbonyl (C=O) groups excluding carboxylic acids is 1. The summed E-state index contributed by atoms with van der Waals surface area (Å²) in [6.45, 7) is 4.95. The van der Waals surface area contributed by atoms with Gasteiger partial charge in [0, 0.05) is 6.08 Å². The molecule has 1 aromatic carbocycles. The highest BCUT2D eigenvalue weighted by atomic mass is 16.3. The van der Waals surface area contributed by atoms with Gasteiger partial charge < -0.3 is 10.0 Å². The molecule has 3 heteroatoms. The standard InChI is InChI=1S/C16H21NO2/c1-3-13-5-7-14(8-6-13)9-10-15(18)17-11-16(19,4-2)12-17/h5-10,19H,3-4,11-12H2,1-2H3. The van der Waals surface area contributed by atoms with Crippen LogP contribution in [-0.2, 0) is 11.2 Å². The number of β-amino-alcohol motifs (C(OH)–C–C–N with tert-alkyl or cyclic N) is 1. The average molecular weight is 259 g/mol. The average Bonchev–Trinajstić information content (AvgIpc) is 2.41. The molecule has 102 valence electrons. The molecule has 0 spiro atoms. The van der Waals surface area contributed by atoms with Gasteiger partial charge in [-0.2, -0.15) is 0 Å². The lowest BCUT2D eigenvalue weighted by Gasteiger charge is -2.45. The van der Waals surface area contributed by atoms with Crippen LogP contribution in [0.3, 0.4) is 0 Å². The molecule has 1 aliphatic rings. The molecule has 1 aliphatic heterocycles. The molecule has 0 bridgehead atoms. The van der Waals surface area contributed by atoms with Crippen LogP contribution < -0.4 is 0 Å². The molecular weight excluding hydrogens is 238 g/mol. The number of nitrogens with zero attached hydrogens (tertiary/aromatic N) is 1. The Kier molecular flexibility index (Phi) is 4.05. The van der Waals surface area contributed by atoms with Crippen LogP contribution in [0, 0.1) is 0 Å². The summed E-state index contributed by atoms with van der Waals surface area (Å²) < 4.78 is 0. The summed E-state index contributed by atoms with van der Waals surface area (Å²) in [5, 5.41) is 9.86. The largest absolute Gasteiger partial charge is 0.386 e. The number of benzene rings is 1. The van der Waals surface area contributed by atoms with Crippen LogP contribution in [-0.4, -0.2) is 34.6 Å². The molecule has 0 aliphatic carbocycles. The quantitative estimate of drug-likeness (QED) is 0.842. The van der Waals surface area contributed by atoms with Gasteiger partial charge >= 0.3 is 0 Å². The van der Waals surface area contributed by atoms with Crippen LogP contribution in [0.4, 0.5) is 0 Å². The predicted octanol–water partition coefficient (Wildman–Crippen LogP) is 2.25. The number of carbonyl (C=O) groups is 1. The van der Waals surface area contributed by atoms with E-state index in [1.54, 1.807) is 11.0 Å². The van der Waals surface area contributed by atoms with Crippen LogP contribution in [0.2, 0.25) is 0 Å². The van der Waals surface area contributed by atoms with Crippen LogP contribution in [0.1, 0.15) is 31.4 Å². The Labute approximate surface area is 114 Å². The summed E-state index contributed by atoms with van der Waals surface area (Å²) >= 11 is 0. The Balaban J connectivity index is 1.90. The highest BCUT2D eigenvalue weighted by Gasteiger charge is 2.41. The van der Waals surface area contributed by atoms with E-state index in [2.05, 4.69) is 19.1 Å². The molecule has 19 heavy (non-hydrogen) atoms. The third-order valence-electron chi connectivity index (χ3n) is 3.75. The van der Waals surface area contributed by atoms with E-state index in [1.807, 2.05) is 25.1 Å². The number of likely N-dealkylation sites (tertiary alicyclic amines) is 1. The van der Waals surface area contributed by atoms with E-state index >= 15 is 0 Å². The Hall–Kier alpha value is -1.61. The van der Waals surface area contributed by atoms with E-state index in [-0.39, 0.29) is 5.91 Å². The molecule has 1 fully saturated rings. The van der Waals surface area contributed by atoms with Gasteiger partial charge in [0.1, 0.15) is 0 Å². The fourth-order valence-corrected chi connectivity index (χ4v) is 2.18. The van der Waals surface area contributed by atoms with E-state index in [0.717, 1.165) is 12.0 Å². The maximum absolute atomic E-state index is 11.9. The number of aliphatic hydroxyl groups is 1. The molecule has 0 unspecified atom stereocenters. The Bertz CT molecular complexity index is 470. The summed E-state index contributed by atoms with van der Waals surface area (Å²) in [5.41, 5.74) is 1.66. The summed E-state index contributed by atoms with van der Waals surface area (Å²) in [5.74, 6) is -0.0299. The van der Waals surface area contributed by atoms with Crippen molar-refractivity contribution in [2.75, 3.05) is 13.1 Å². The maximum atomic E-state index is 11.9. The smallest absolute Gasteiger partial charge is 0.246 e. The second kappa shape index (κ2) is 5.57. The van der Waals surface area contributed by atoms with Crippen molar-refractivity contribution in [1.82, 2.24) is 4.90 Å². The zero-order valence-corrected chi connectivity index (χ0v) is 11.6. The monoisotopic (exact) mass is 259 g/mol. The number of amides is 1. The minimum Gasteiger partial charge on any atom is -0.386 e. The van der Waals surface area contributed by atoms with Gasteiger partial charge in [-0.05, 0) is 30.0 Å². The minimum absolute atomic E-state index is 0.0299. The summed E-state index contributed by atoms with van der Waals surface area (Å²) in [7, 11) is 0. The second-order valence-corrected chi connectivity index (χ2v) is 5.20. The predicted molar refractivity (Wildman–Crippen MR) is 76.7 cm³/mol. The minimum atomic E-state index is -0.660. The topological polar surface area (TPSA) is 40.5 Å². The highest BCUT2D eigenvalue weighted by Crippen LogP contribution is 2.24. The fourth-order valence-electron chi connectivity index (χ4n) is 2.18. The molecule has 0 atom stereocenters. The van der Waals surface area contributed by atoms with Crippen molar-refractivity contribution in [2.45, 2.75) is 32.3 Å². The normalized spacial score (nSPS) is 17.5. The van der Waals surface area contributed by atoms with Crippen molar-refractivity contribution in [3.63, 3.8) is 0 Å². The molecule has 0 aromatic heterocycles. The van der Waals surface area contributed by atoms with Crippen molar-refractivity contribution >= 4 is 12.0 Å². The Morgan fingerprint density at radius 3 is 2.47 bits per heavy atom. The molecule has 1 amide bonds. The van der Waals surface area contributed by atoms with Crippen molar-refractivity contribution in [3.8, 4) is 0 Å². The van der Waals surface area contributed by atoms with Crippen molar-refractivity contribution in [3.05, 3.63) is 41.5 Å². The molecular formula is C16H21NO2. The summed E-state index contributed by atoms with van der Waals surface area (Å²) in [6, 6.07) is 8.18. The summed E-state index contributed by atoms with van der Waals surface area (Å²) in [6.07, 6.45) is 5.12. The van der Waals surface area contributed by atoms with Crippen LogP contribution in [0.5, 0.6) is 0 Å². The van der Waals surface area contributed by atoms with Gasteiger partial charge in [-0.15, -0.1) is 0 Å². The van der Waals surface area contributed by atoms with E-state index in [0.29, 0.717) is 19.5 Å². The fraction of sp³-hybridized carbons (Fsp3) is 0.438. The first-order chi connectivity index (χ1) is 9.06. The first kappa shape index (κ1) is 13.8. The van der Waals surface area contributed by atoms with Gasteiger partial charge in [0.05, 0.1) is 18.7 Å². The summed E-state index contributed by atoms with van der Waals surface area (Å²) in [4.78, 5) is 13.5. The third-order valence-corrected chi connectivity index (χ3v) is 3.75. The van der Waals surface area contributed by atoms with Gasteiger partial charge in [0.15, 0.2) is 0 Å². The van der Waals surface area contributed by atoms with E-state index in [1.165, 1.54) is 5.56 Å². The van der Waals surface area contributed by atoms with E-state index in [9.17, 15) is 9.90 Å². The molecule has 1 saturated heterocycles. The molecule has 1 heterocycles. The van der Waals surface area contributed by atoms with Gasteiger partial charge in [0.2, 0.25) is 5.91 Å². The molecule has 0 saturated carbocycles. The highest BCUT2D eigenvalue weighted by molar-refractivity contribution is 5.92. The number of hydrogen-bond donors (Lipinski definition) is 1. The zero-order chi connectivity index (χ0) is 13.9. The van der Waals surface area contributed by atoms with E-state index < -0.39 is 5.60 Å². The lowest BCUT2D eigenvalue weighted by molar-refractivity contribution is -0.150. The van der Waals surface area contributed by atoms with E-state index in [4.69, 9.17) is 0 Å². The molecule has 1 N–H and O–H groups in total. The molecule has 1 aromatic rings. The van der Waals surface area contributed by atoms with Gasteiger partial charge in [-0.1, -0.05) is 38.1 Å². The molecule has 2 rings (SSSR count). The molecule has 3 nitrogen and oxygen atoms in total. The van der Waals surface area contributed by atoms with Crippen molar-refractivity contribution in [2.24, 2.45) is 0 Å². The van der Waals surface area contributed by atoms with Crippen molar-refractivity contribution < 1.29 is 9.90 Å². The zero-order valence-electron chi connectivity index (χ0n) is 11.6. The third kappa shape index (κ3) is 3.24. The number of rotatable bonds is 4. The van der Waals surface area contributed by atoms with Gasteiger partial charge in [-0.3, -0.25) is 4.79 Å². The Morgan fingerprint density at radius 2 is 1.95 bits per heavy atom. The SMILES string of the molecule is CCc1ccc(C=CC(=O)N2CC(O)(CC)C2)cc1. The van der Waals surface area contributed by atoms with Crippen LogP contribution in [0.25, 0.3) is 6.08 Å². The first-order valence-electron chi connectivity index (χ1n) is 6.84. The lowest BCUT2D eigenvalue weighted by atomic mass is 9.91. The van der Waals surface area contributed by atoms with Crippen LogP contribution in [0.15, 0.2) is 30.3 Å². The maximum Gasteiger partial charge on any atom is 0.246 e. The second-order valence-electron chi connectivity index (χ2n) is 5.20. The van der Waals surface area contributed by atoms with Crippen LogP contribution >= 0.6 is 0 Å². The lowest BCUT2D eigenvalue weighted by Crippen LogP contribution is -2.62. The van der Waals surface area contributed by atoms with Crippen molar-refractivity contribution in [1.29, 1.82) is 0 Å².